The van der Waals surface area contributed by atoms with Crippen LogP contribution >= 0.6 is 0 Å². The fraction of sp³-hybridized carbons (Fsp3) is 0.286. The number of benzene rings is 1. The number of ether oxygens (including phenoxy) is 1. The molecule has 0 heterocycles. The molecule has 4 heteroatoms. The Bertz CT molecular complexity index is 424. The molecule has 0 aromatic heterocycles. The molecule has 0 fully saturated rings. The maximum absolute atomic E-state index is 11.4. The van der Waals surface area contributed by atoms with Crippen LogP contribution in [0.15, 0.2) is 42.5 Å². The van der Waals surface area contributed by atoms with Gasteiger partial charge in [0.2, 0.25) is 5.91 Å². The Hall–Kier alpha value is -2.10. The fourth-order valence-corrected chi connectivity index (χ4v) is 1.15. The Morgan fingerprint density at radius 2 is 1.89 bits per heavy atom. The van der Waals surface area contributed by atoms with Crippen molar-refractivity contribution in [2.75, 3.05) is 11.9 Å². The number of nitrogens with one attached hydrogen (secondary N) is 1. The summed E-state index contributed by atoms with van der Waals surface area (Å²) >= 11 is 0. The minimum Gasteiger partial charge on any atom is -0.462 e. The van der Waals surface area contributed by atoms with Crippen LogP contribution in [0.5, 0.6) is 0 Å². The SMILES string of the molecule is CC(C)COC(=O)/C=C\C(=O)Nc1ccccc1. The molecule has 0 bridgehead atoms. The second-order valence-electron chi connectivity index (χ2n) is 4.21. The Balaban J connectivity index is 2.38. The zero-order chi connectivity index (χ0) is 13.4. The third-order valence-corrected chi connectivity index (χ3v) is 1.97. The lowest BCUT2D eigenvalue weighted by Gasteiger charge is -2.04. The first-order valence-electron chi connectivity index (χ1n) is 5.79. The van der Waals surface area contributed by atoms with Crippen molar-refractivity contribution in [2.24, 2.45) is 5.92 Å². The van der Waals surface area contributed by atoms with Crippen molar-refractivity contribution in [1.82, 2.24) is 0 Å². The van der Waals surface area contributed by atoms with E-state index in [1.807, 2.05) is 32.0 Å². The van der Waals surface area contributed by atoms with Crippen LogP contribution in [0.2, 0.25) is 0 Å². The topological polar surface area (TPSA) is 55.4 Å². The van der Waals surface area contributed by atoms with Crippen LogP contribution in [-0.4, -0.2) is 18.5 Å². The smallest absolute Gasteiger partial charge is 0.330 e. The summed E-state index contributed by atoms with van der Waals surface area (Å²) in [7, 11) is 0. The van der Waals surface area contributed by atoms with Gasteiger partial charge < -0.3 is 10.1 Å². The van der Waals surface area contributed by atoms with Crippen LogP contribution in [-0.2, 0) is 14.3 Å². The van der Waals surface area contributed by atoms with Crippen molar-refractivity contribution < 1.29 is 14.3 Å². The second kappa shape index (κ2) is 7.27. The molecule has 0 unspecified atom stereocenters. The lowest BCUT2D eigenvalue weighted by atomic mass is 10.2. The standard InChI is InChI=1S/C14H17NO3/c1-11(2)10-18-14(17)9-8-13(16)15-12-6-4-3-5-7-12/h3-9,11H,10H2,1-2H3,(H,15,16)/b9-8-. The van der Waals surface area contributed by atoms with Gasteiger partial charge in [-0.25, -0.2) is 4.79 Å². The lowest BCUT2D eigenvalue weighted by molar-refractivity contribution is -0.138. The summed E-state index contributed by atoms with van der Waals surface area (Å²) < 4.78 is 4.90. The number of anilines is 1. The van der Waals surface area contributed by atoms with E-state index in [0.717, 1.165) is 12.2 Å². The first-order chi connectivity index (χ1) is 8.58. The predicted octanol–water partition coefficient (Wildman–Crippen LogP) is 2.38. The molecule has 0 aliphatic rings. The van der Waals surface area contributed by atoms with Crippen LogP contribution in [0.1, 0.15) is 13.8 Å². The van der Waals surface area contributed by atoms with E-state index in [9.17, 15) is 9.59 Å². The fourth-order valence-electron chi connectivity index (χ4n) is 1.15. The highest BCUT2D eigenvalue weighted by molar-refractivity contribution is 6.02. The Morgan fingerprint density at radius 1 is 1.22 bits per heavy atom. The summed E-state index contributed by atoms with van der Waals surface area (Å²) in [4.78, 5) is 22.7. The second-order valence-corrected chi connectivity index (χ2v) is 4.21. The summed E-state index contributed by atoms with van der Waals surface area (Å²) in [5.41, 5.74) is 0.683. The maximum Gasteiger partial charge on any atom is 0.330 e. The number of carbonyl (C=O) groups excluding carboxylic acids is 2. The van der Waals surface area contributed by atoms with Crippen LogP contribution in [0.3, 0.4) is 0 Å². The van der Waals surface area contributed by atoms with E-state index < -0.39 is 5.97 Å². The van der Waals surface area contributed by atoms with Gasteiger partial charge in [0.1, 0.15) is 0 Å². The average molecular weight is 247 g/mol. The van der Waals surface area contributed by atoms with Crippen molar-refractivity contribution in [1.29, 1.82) is 0 Å². The summed E-state index contributed by atoms with van der Waals surface area (Å²) in [6, 6.07) is 9.02. The van der Waals surface area contributed by atoms with Gasteiger partial charge in [-0.1, -0.05) is 32.0 Å². The van der Waals surface area contributed by atoms with Crippen molar-refractivity contribution in [3.05, 3.63) is 42.5 Å². The summed E-state index contributed by atoms with van der Waals surface area (Å²) in [5, 5.41) is 2.63. The van der Waals surface area contributed by atoms with E-state index in [0.29, 0.717) is 12.3 Å². The van der Waals surface area contributed by atoms with Crippen LogP contribution in [0.25, 0.3) is 0 Å². The van der Waals surface area contributed by atoms with E-state index in [1.165, 1.54) is 0 Å². The molecule has 96 valence electrons. The normalized spacial score (nSPS) is 10.6. The molecule has 0 saturated carbocycles. The summed E-state index contributed by atoms with van der Waals surface area (Å²) in [6.07, 6.45) is 2.29. The maximum atomic E-state index is 11.4. The Labute approximate surface area is 107 Å². The number of hydrogen-bond donors (Lipinski definition) is 1. The number of para-hydroxylation sites is 1. The first kappa shape index (κ1) is 14.0. The monoisotopic (exact) mass is 247 g/mol. The van der Waals surface area contributed by atoms with Gasteiger partial charge in [-0.05, 0) is 18.1 Å². The molecule has 0 saturated heterocycles. The first-order valence-corrected chi connectivity index (χ1v) is 5.79. The minimum absolute atomic E-state index is 0.278. The number of esters is 1. The van der Waals surface area contributed by atoms with Gasteiger partial charge >= 0.3 is 5.97 Å². The van der Waals surface area contributed by atoms with Gasteiger partial charge in [-0.2, -0.15) is 0 Å². The van der Waals surface area contributed by atoms with Crippen molar-refractivity contribution in [3.63, 3.8) is 0 Å². The number of amides is 1. The molecule has 0 spiro atoms. The molecule has 0 atom stereocenters. The van der Waals surface area contributed by atoms with E-state index in [-0.39, 0.29) is 11.8 Å². The highest BCUT2D eigenvalue weighted by Gasteiger charge is 2.01. The van der Waals surface area contributed by atoms with Gasteiger partial charge in [-0.3, -0.25) is 4.79 Å². The average Bonchev–Trinajstić information content (AvgIpc) is 2.35. The highest BCUT2D eigenvalue weighted by atomic mass is 16.5. The van der Waals surface area contributed by atoms with Gasteiger partial charge in [0.25, 0.3) is 0 Å². The van der Waals surface area contributed by atoms with Crippen LogP contribution < -0.4 is 5.32 Å². The molecule has 1 N–H and O–H groups in total. The Morgan fingerprint density at radius 3 is 2.50 bits per heavy atom. The van der Waals surface area contributed by atoms with E-state index in [2.05, 4.69) is 5.32 Å². The third kappa shape index (κ3) is 5.84. The quantitative estimate of drug-likeness (QED) is 0.642. The van der Waals surface area contributed by atoms with Crippen LogP contribution in [0.4, 0.5) is 5.69 Å². The number of rotatable bonds is 5. The minimum atomic E-state index is -0.507. The van der Waals surface area contributed by atoms with Crippen molar-refractivity contribution in [2.45, 2.75) is 13.8 Å². The summed E-state index contributed by atoms with van der Waals surface area (Å²) in [5.74, 6) is -0.588. The largest absolute Gasteiger partial charge is 0.462 e. The van der Waals surface area contributed by atoms with E-state index in [4.69, 9.17) is 4.74 Å². The molecular formula is C14H17NO3. The number of carbonyl (C=O) groups is 2. The molecule has 4 nitrogen and oxygen atoms in total. The third-order valence-electron chi connectivity index (χ3n) is 1.97. The van der Waals surface area contributed by atoms with Gasteiger partial charge in [0.05, 0.1) is 6.61 Å². The number of hydrogen-bond acceptors (Lipinski definition) is 3. The van der Waals surface area contributed by atoms with E-state index in [1.54, 1.807) is 12.1 Å². The lowest BCUT2D eigenvalue weighted by Crippen LogP contribution is -2.11. The summed E-state index contributed by atoms with van der Waals surface area (Å²) in [6.45, 7) is 4.24. The molecule has 1 amide bonds. The van der Waals surface area contributed by atoms with E-state index >= 15 is 0 Å². The Kier molecular flexibility index (Phi) is 5.64. The zero-order valence-electron chi connectivity index (χ0n) is 10.6. The van der Waals surface area contributed by atoms with Gasteiger partial charge in [0, 0.05) is 17.8 Å². The van der Waals surface area contributed by atoms with Crippen molar-refractivity contribution >= 4 is 17.6 Å². The predicted molar refractivity (Wildman–Crippen MR) is 70.0 cm³/mol. The molecule has 1 aromatic carbocycles. The molecule has 1 rings (SSSR count). The molecule has 1 aromatic rings. The highest BCUT2D eigenvalue weighted by Crippen LogP contribution is 2.04. The molecule has 18 heavy (non-hydrogen) atoms. The molecule has 0 aliphatic carbocycles. The molecule has 0 aliphatic heterocycles. The zero-order valence-corrected chi connectivity index (χ0v) is 10.6. The van der Waals surface area contributed by atoms with Crippen molar-refractivity contribution in [3.8, 4) is 0 Å². The molecule has 0 radical (unpaired) electrons. The molecular weight excluding hydrogens is 230 g/mol. The van der Waals surface area contributed by atoms with Gasteiger partial charge in [0.15, 0.2) is 0 Å². The van der Waals surface area contributed by atoms with Crippen LogP contribution in [0, 0.1) is 5.92 Å². The van der Waals surface area contributed by atoms with Gasteiger partial charge in [-0.15, -0.1) is 0 Å².